The zero-order valence-electron chi connectivity index (χ0n) is 11.3. The summed E-state index contributed by atoms with van der Waals surface area (Å²) in [5.41, 5.74) is 0.216. The summed E-state index contributed by atoms with van der Waals surface area (Å²) >= 11 is 0. The molecule has 1 fully saturated rings. The van der Waals surface area contributed by atoms with E-state index in [-0.39, 0.29) is 11.9 Å². The summed E-state index contributed by atoms with van der Waals surface area (Å²) in [6.07, 6.45) is 2.48. The lowest BCUT2D eigenvalue weighted by Gasteiger charge is -2.33. The highest BCUT2D eigenvalue weighted by Crippen LogP contribution is 2.28. The zero-order chi connectivity index (χ0) is 14.0. The van der Waals surface area contributed by atoms with Crippen molar-refractivity contribution in [2.45, 2.75) is 38.3 Å². The summed E-state index contributed by atoms with van der Waals surface area (Å²) in [6, 6.07) is 6.44. The highest BCUT2D eigenvalue weighted by Gasteiger charge is 2.38. The number of rotatable bonds is 3. The van der Waals surface area contributed by atoms with E-state index in [0.717, 1.165) is 19.1 Å². The maximum Gasteiger partial charge on any atom is 0.254 e. The van der Waals surface area contributed by atoms with E-state index in [2.05, 4.69) is 0 Å². The van der Waals surface area contributed by atoms with Crippen LogP contribution in [0.1, 0.15) is 47.4 Å². The lowest BCUT2D eigenvalue weighted by molar-refractivity contribution is 0.000336. The third-order valence-corrected chi connectivity index (χ3v) is 3.62. The van der Waals surface area contributed by atoms with E-state index < -0.39 is 5.60 Å². The van der Waals surface area contributed by atoms with Crippen molar-refractivity contribution in [2.75, 3.05) is 6.54 Å². The molecule has 1 atom stereocenters. The van der Waals surface area contributed by atoms with Crippen molar-refractivity contribution in [3.63, 3.8) is 0 Å². The molecule has 0 aliphatic carbocycles. The Balaban J connectivity index is 2.20. The number of nitrogens with zero attached hydrogens (tertiary/aromatic N) is 1. The lowest BCUT2D eigenvalue weighted by atomic mass is 9.96. The van der Waals surface area contributed by atoms with E-state index in [1.54, 1.807) is 43.0 Å². The van der Waals surface area contributed by atoms with Crippen LogP contribution >= 0.6 is 0 Å². The number of hydrogen-bond donors (Lipinski definition) is 1. The Labute approximate surface area is 113 Å². The van der Waals surface area contributed by atoms with Gasteiger partial charge in [-0.3, -0.25) is 9.59 Å². The summed E-state index contributed by atoms with van der Waals surface area (Å²) < 4.78 is 0. The van der Waals surface area contributed by atoms with Crippen LogP contribution in [0.25, 0.3) is 0 Å². The fourth-order valence-electron chi connectivity index (χ4n) is 2.61. The molecule has 0 aromatic heterocycles. The Kier molecular flexibility index (Phi) is 3.71. The van der Waals surface area contributed by atoms with E-state index in [4.69, 9.17) is 0 Å². The van der Waals surface area contributed by atoms with Crippen LogP contribution in [0.4, 0.5) is 0 Å². The Morgan fingerprint density at radius 1 is 1.37 bits per heavy atom. The molecule has 2 rings (SSSR count). The molecule has 1 aromatic carbocycles. The molecule has 1 N–H and O–H groups in total. The molecule has 0 bridgehead atoms. The maximum atomic E-state index is 12.4. The summed E-state index contributed by atoms with van der Waals surface area (Å²) in [4.78, 5) is 24.8. The van der Waals surface area contributed by atoms with E-state index in [1.165, 1.54) is 0 Å². The van der Waals surface area contributed by atoms with Crippen LogP contribution < -0.4 is 0 Å². The first-order valence-electron chi connectivity index (χ1n) is 6.52. The van der Waals surface area contributed by atoms with Gasteiger partial charge in [0.05, 0.1) is 11.6 Å². The van der Waals surface area contributed by atoms with Gasteiger partial charge in [-0.1, -0.05) is 12.1 Å². The average molecular weight is 261 g/mol. The Bertz CT molecular complexity index is 473. The van der Waals surface area contributed by atoms with Gasteiger partial charge in [0, 0.05) is 17.7 Å². The third kappa shape index (κ3) is 2.84. The molecule has 4 nitrogen and oxygen atoms in total. The fourth-order valence-corrected chi connectivity index (χ4v) is 2.61. The number of hydrogen-bond acceptors (Lipinski definition) is 3. The van der Waals surface area contributed by atoms with Crippen LogP contribution in [0.5, 0.6) is 0 Å². The second kappa shape index (κ2) is 5.13. The first-order chi connectivity index (χ1) is 8.93. The van der Waals surface area contributed by atoms with Crippen LogP contribution in [0.15, 0.2) is 24.3 Å². The van der Waals surface area contributed by atoms with E-state index in [9.17, 15) is 14.7 Å². The van der Waals surface area contributed by atoms with Gasteiger partial charge in [-0.2, -0.15) is 0 Å². The molecule has 1 aromatic rings. The van der Waals surface area contributed by atoms with Crippen LogP contribution in [0.2, 0.25) is 0 Å². The van der Waals surface area contributed by atoms with Crippen molar-refractivity contribution in [3.8, 4) is 0 Å². The van der Waals surface area contributed by atoms with Crippen molar-refractivity contribution in [1.29, 1.82) is 0 Å². The monoisotopic (exact) mass is 261 g/mol. The predicted molar refractivity (Wildman–Crippen MR) is 72.2 cm³/mol. The quantitative estimate of drug-likeness (QED) is 0.845. The van der Waals surface area contributed by atoms with Gasteiger partial charge in [-0.15, -0.1) is 0 Å². The number of likely N-dealkylation sites (tertiary alicyclic amines) is 1. The SMILES string of the molecule is CC(C)(O)C1CCCN1C(=O)c1ccc(C=O)cc1. The van der Waals surface area contributed by atoms with Gasteiger partial charge >= 0.3 is 0 Å². The number of aldehydes is 1. The molecule has 0 radical (unpaired) electrons. The fraction of sp³-hybridized carbons (Fsp3) is 0.467. The molecule has 1 heterocycles. The molecule has 4 heteroatoms. The van der Waals surface area contributed by atoms with Gasteiger partial charge in [0.2, 0.25) is 0 Å². The molecule has 1 amide bonds. The van der Waals surface area contributed by atoms with Gasteiger partial charge in [0.15, 0.2) is 0 Å². The second-order valence-corrected chi connectivity index (χ2v) is 5.55. The second-order valence-electron chi connectivity index (χ2n) is 5.55. The van der Waals surface area contributed by atoms with Crippen LogP contribution in [-0.2, 0) is 0 Å². The minimum Gasteiger partial charge on any atom is -0.388 e. The first-order valence-corrected chi connectivity index (χ1v) is 6.52. The van der Waals surface area contributed by atoms with E-state index in [0.29, 0.717) is 17.7 Å². The number of aliphatic hydroxyl groups is 1. The summed E-state index contributed by atoms with van der Waals surface area (Å²) in [7, 11) is 0. The zero-order valence-corrected chi connectivity index (χ0v) is 11.3. The molecule has 19 heavy (non-hydrogen) atoms. The number of amides is 1. The first kappa shape index (κ1) is 13.7. The molecule has 1 aliphatic rings. The molecule has 102 valence electrons. The van der Waals surface area contributed by atoms with E-state index >= 15 is 0 Å². The normalized spacial score (nSPS) is 19.5. The molecule has 1 saturated heterocycles. The standard InChI is InChI=1S/C15H19NO3/c1-15(2,19)13-4-3-9-16(13)14(18)12-7-5-11(10-17)6-8-12/h5-8,10,13,19H,3-4,9H2,1-2H3. The minimum absolute atomic E-state index is 0.0814. The smallest absolute Gasteiger partial charge is 0.254 e. The molecule has 0 saturated carbocycles. The number of benzene rings is 1. The Hall–Kier alpha value is -1.68. The van der Waals surface area contributed by atoms with Crippen molar-refractivity contribution in [2.24, 2.45) is 0 Å². The molecule has 0 spiro atoms. The van der Waals surface area contributed by atoms with Gasteiger partial charge in [-0.05, 0) is 38.8 Å². The summed E-state index contributed by atoms with van der Waals surface area (Å²) in [5, 5.41) is 10.1. The Morgan fingerprint density at radius 3 is 2.53 bits per heavy atom. The van der Waals surface area contributed by atoms with Crippen LogP contribution in [0.3, 0.4) is 0 Å². The van der Waals surface area contributed by atoms with Crippen LogP contribution in [0, 0.1) is 0 Å². The highest BCUT2D eigenvalue weighted by molar-refractivity contribution is 5.95. The molecule has 1 aliphatic heterocycles. The topological polar surface area (TPSA) is 57.6 Å². The van der Waals surface area contributed by atoms with Gasteiger partial charge in [0.1, 0.15) is 6.29 Å². The van der Waals surface area contributed by atoms with Crippen molar-refractivity contribution < 1.29 is 14.7 Å². The molecular weight excluding hydrogens is 242 g/mol. The van der Waals surface area contributed by atoms with Crippen LogP contribution in [-0.4, -0.2) is 40.4 Å². The molecule has 1 unspecified atom stereocenters. The maximum absolute atomic E-state index is 12.4. The van der Waals surface area contributed by atoms with Gasteiger partial charge in [0.25, 0.3) is 5.91 Å². The summed E-state index contributed by atoms with van der Waals surface area (Å²) in [6.45, 7) is 4.14. The Morgan fingerprint density at radius 2 is 2.00 bits per heavy atom. The number of carbonyl (C=O) groups is 2. The molecular formula is C15H19NO3. The van der Waals surface area contributed by atoms with Crippen molar-refractivity contribution in [1.82, 2.24) is 4.90 Å². The van der Waals surface area contributed by atoms with E-state index in [1.807, 2.05) is 0 Å². The lowest BCUT2D eigenvalue weighted by Crippen LogP contribution is -2.48. The summed E-state index contributed by atoms with van der Waals surface area (Å²) in [5.74, 6) is -0.0814. The third-order valence-electron chi connectivity index (χ3n) is 3.62. The largest absolute Gasteiger partial charge is 0.388 e. The average Bonchev–Trinajstić information content (AvgIpc) is 2.87. The predicted octanol–water partition coefficient (Wildman–Crippen LogP) is 1.87. The minimum atomic E-state index is -0.894. The highest BCUT2D eigenvalue weighted by atomic mass is 16.3. The van der Waals surface area contributed by atoms with Gasteiger partial charge < -0.3 is 10.0 Å². The number of carbonyl (C=O) groups excluding carboxylic acids is 2. The van der Waals surface area contributed by atoms with Gasteiger partial charge in [-0.25, -0.2) is 0 Å². The van der Waals surface area contributed by atoms with Crippen molar-refractivity contribution in [3.05, 3.63) is 35.4 Å². The van der Waals surface area contributed by atoms with Crippen molar-refractivity contribution >= 4 is 12.2 Å².